The number of para-hydroxylation sites is 1. The van der Waals surface area contributed by atoms with Crippen molar-refractivity contribution in [1.82, 2.24) is 15.5 Å². The molecule has 2 amide bonds. The zero-order valence-corrected chi connectivity index (χ0v) is 16.1. The Morgan fingerprint density at radius 3 is 2.62 bits per heavy atom. The normalized spacial score (nSPS) is 16.7. The van der Waals surface area contributed by atoms with Crippen LogP contribution in [0.15, 0.2) is 24.3 Å². The Bertz CT molecular complexity index is 598. The third kappa shape index (κ3) is 5.73. The fourth-order valence-electron chi connectivity index (χ4n) is 3.34. The van der Waals surface area contributed by atoms with Crippen molar-refractivity contribution >= 4 is 11.8 Å². The largest absolute Gasteiger partial charge is 0.496 e. The van der Waals surface area contributed by atoms with Gasteiger partial charge in [0.1, 0.15) is 5.75 Å². The number of hydrogen-bond donors (Lipinski definition) is 2. The molecule has 0 aliphatic carbocycles. The van der Waals surface area contributed by atoms with Gasteiger partial charge in [-0.05, 0) is 45.3 Å². The van der Waals surface area contributed by atoms with Crippen LogP contribution in [0.4, 0.5) is 0 Å². The highest BCUT2D eigenvalue weighted by molar-refractivity contribution is 5.79. The maximum absolute atomic E-state index is 12.4. The number of ether oxygens (including phenoxy) is 1. The van der Waals surface area contributed by atoms with Gasteiger partial charge >= 0.3 is 0 Å². The minimum absolute atomic E-state index is 0.00251. The highest BCUT2D eigenvalue weighted by Crippen LogP contribution is 2.24. The minimum atomic E-state index is -0.115. The van der Waals surface area contributed by atoms with E-state index >= 15 is 0 Å². The van der Waals surface area contributed by atoms with E-state index in [0.717, 1.165) is 50.2 Å². The van der Waals surface area contributed by atoms with E-state index in [2.05, 4.69) is 15.5 Å². The molecule has 1 saturated heterocycles. The number of hydrogen-bond acceptors (Lipinski definition) is 4. The van der Waals surface area contributed by atoms with Crippen LogP contribution in [0.2, 0.25) is 0 Å². The highest BCUT2D eigenvalue weighted by Gasteiger charge is 2.26. The van der Waals surface area contributed by atoms with Gasteiger partial charge in [0.2, 0.25) is 11.8 Å². The summed E-state index contributed by atoms with van der Waals surface area (Å²) in [5, 5.41) is 6.00. The Labute approximate surface area is 156 Å². The smallest absolute Gasteiger partial charge is 0.234 e. The second kappa shape index (κ2) is 10.2. The van der Waals surface area contributed by atoms with Gasteiger partial charge in [-0.15, -0.1) is 0 Å². The third-order valence-electron chi connectivity index (χ3n) is 4.86. The van der Waals surface area contributed by atoms with Gasteiger partial charge in [0.05, 0.1) is 19.7 Å². The van der Waals surface area contributed by atoms with Crippen molar-refractivity contribution in [1.29, 1.82) is 0 Å². The zero-order chi connectivity index (χ0) is 18.9. The molecule has 1 fully saturated rings. The van der Waals surface area contributed by atoms with Crippen LogP contribution < -0.4 is 15.4 Å². The SMILES string of the molecule is CCCNC(=O)C1CCN(CC(=O)NC(C)c2ccccc2OC)CC1. The molecule has 2 rings (SSSR count). The van der Waals surface area contributed by atoms with Gasteiger partial charge in [0.15, 0.2) is 0 Å². The van der Waals surface area contributed by atoms with Crippen molar-refractivity contribution < 1.29 is 14.3 Å². The van der Waals surface area contributed by atoms with Crippen LogP contribution in [0.25, 0.3) is 0 Å². The summed E-state index contributed by atoms with van der Waals surface area (Å²) in [5.41, 5.74) is 0.967. The number of piperidine rings is 1. The van der Waals surface area contributed by atoms with Crippen LogP contribution in [0, 0.1) is 5.92 Å². The zero-order valence-electron chi connectivity index (χ0n) is 16.1. The molecule has 1 aliphatic rings. The van der Waals surface area contributed by atoms with Crippen LogP contribution in [-0.4, -0.2) is 50.0 Å². The predicted octanol–water partition coefficient (Wildman–Crippen LogP) is 2.11. The summed E-state index contributed by atoms with van der Waals surface area (Å²) >= 11 is 0. The summed E-state index contributed by atoms with van der Waals surface area (Å²) in [4.78, 5) is 26.5. The number of benzene rings is 1. The first-order valence-corrected chi connectivity index (χ1v) is 9.47. The fourth-order valence-corrected chi connectivity index (χ4v) is 3.34. The van der Waals surface area contributed by atoms with Crippen molar-refractivity contribution in [3.8, 4) is 5.75 Å². The first kappa shape index (κ1) is 20.2. The quantitative estimate of drug-likeness (QED) is 0.744. The summed E-state index contributed by atoms with van der Waals surface area (Å²) in [6.45, 7) is 6.67. The van der Waals surface area contributed by atoms with E-state index in [9.17, 15) is 9.59 Å². The van der Waals surface area contributed by atoms with E-state index < -0.39 is 0 Å². The average Bonchev–Trinajstić information content (AvgIpc) is 2.66. The Morgan fingerprint density at radius 2 is 1.96 bits per heavy atom. The van der Waals surface area contributed by atoms with E-state index in [1.165, 1.54) is 0 Å². The summed E-state index contributed by atoms with van der Waals surface area (Å²) in [6, 6.07) is 7.60. The summed E-state index contributed by atoms with van der Waals surface area (Å²) in [5.74, 6) is 1.01. The van der Waals surface area contributed by atoms with Gasteiger partial charge in [0.25, 0.3) is 0 Å². The lowest BCUT2D eigenvalue weighted by Crippen LogP contribution is -2.44. The molecule has 2 N–H and O–H groups in total. The van der Waals surface area contributed by atoms with Crippen molar-refractivity contribution in [2.75, 3.05) is 33.3 Å². The monoisotopic (exact) mass is 361 g/mol. The van der Waals surface area contributed by atoms with Crippen molar-refractivity contribution in [2.45, 2.75) is 39.2 Å². The number of carbonyl (C=O) groups excluding carboxylic acids is 2. The standard InChI is InChI=1S/C20H31N3O3/c1-4-11-21-20(25)16-9-12-23(13-10-16)14-19(24)22-15(2)17-7-5-6-8-18(17)26-3/h5-8,15-16H,4,9-14H2,1-3H3,(H,21,25)(H,22,24). The van der Waals surface area contributed by atoms with Gasteiger partial charge in [-0.1, -0.05) is 25.1 Å². The van der Waals surface area contributed by atoms with E-state index in [4.69, 9.17) is 4.74 Å². The molecule has 1 aliphatic heterocycles. The van der Waals surface area contributed by atoms with E-state index in [-0.39, 0.29) is 23.8 Å². The number of rotatable bonds is 8. The molecule has 0 bridgehead atoms. The molecule has 1 aromatic carbocycles. The van der Waals surface area contributed by atoms with E-state index in [0.29, 0.717) is 6.54 Å². The average molecular weight is 361 g/mol. The molecule has 144 valence electrons. The molecule has 6 heteroatoms. The topological polar surface area (TPSA) is 70.7 Å². The first-order valence-electron chi connectivity index (χ1n) is 9.47. The molecular formula is C20H31N3O3. The number of nitrogens with one attached hydrogen (secondary N) is 2. The lowest BCUT2D eigenvalue weighted by molar-refractivity contribution is -0.126. The number of likely N-dealkylation sites (tertiary alicyclic amines) is 1. The molecule has 0 aromatic heterocycles. The summed E-state index contributed by atoms with van der Waals surface area (Å²) in [6.07, 6.45) is 2.57. The molecule has 1 heterocycles. The van der Waals surface area contributed by atoms with Crippen molar-refractivity contribution in [3.05, 3.63) is 29.8 Å². The number of carbonyl (C=O) groups is 2. The number of amides is 2. The summed E-state index contributed by atoms with van der Waals surface area (Å²) < 4.78 is 5.36. The molecule has 1 atom stereocenters. The fraction of sp³-hybridized carbons (Fsp3) is 0.600. The van der Waals surface area contributed by atoms with Crippen LogP contribution in [0.1, 0.15) is 44.7 Å². The van der Waals surface area contributed by atoms with Gasteiger partial charge in [-0.25, -0.2) is 0 Å². The Morgan fingerprint density at radius 1 is 1.27 bits per heavy atom. The molecule has 1 unspecified atom stereocenters. The molecule has 0 saturated carbocycles. The molecule has 0 radical (unpaired) electrons. The number of methoxy groups -OCH3 is 1. The lowest BCUT2D eigenvalue weighted by Gasteiger charge is -2.31. The maximum atomic E-state index is 12.4. The third-order valence-corrected chi connectivity index (χ3v) is 4.86. The predicted molar refractivity (Wildman–Crippen MR) is 102 cm³/mol. The second-order valence-electron chi connectivity index (χ2n) is 6.87. The van der Waals surface area contributed by atoms with Crippen LogP contribution in [-0.2, 0) is 9.59 Å². The van der Waals surface area contributed by atoms with Crippen LogP contribution >= 0.6 is 0 Å². The minimum Gasteiger partial charge on any atom is -0.496 e. The highest BCUT2D eigenvalue weighted by atomic mass is 16.5. The summed E-state index contributed by atoms with van der Waals surface area (Å²) in [7, 11) is 1.63. The second-order valence-corrected chi connectivity index (χ2v) is 6.87. The molecule has 1 aromatic rings. The van der Waals surface area contributed by atoms with Crippen molar-refractivity contribution in [2.24, 2.45) is 5.92 Å². The molecular weight excluding hydrogens is 330 g/mol. The molecule has 26 heavy (non-hydrogen) atoms. The Balaban J connectivity index is 1.77. The number of nitrogens with zero attached hydrogens (tertiary/aromatic N) is 1. The van der Waals surface area contributed by atoms with Gasteiger partial charge in [-0.3, -0.25) is 14.5 Å². The van der Waals surface area contributed by atoms with E-state index in [1.807, 2.05) is 38.1 Å². The Hall–Kier alpha value is -2.08. The molecule has 6 nitrogen and oxygen atoms in total. The Kier molecular flexibility index (Phi) is 7.91. The van der Waals surface area contributed by atoms with E-state index in [1.54, 1.807) is 7.11 Å². The van der Waals surface area contributed by atoms with Crippen LogP contribution in [0.3, 0.4) is 0 Å². The van der Waals surface area contributed by atoms with Crippen molar-refractivity contribution in [3.63, 3.8) is 0 Å². The van der Waals surface area contributed by atoms with Crippen LogP contribution in [0.5, 0.6) is 5.75 Å². The first-order chi connectivity index (χ1) is 12.5. The van der Waals surface area contributed by atoms with Gasteiger partial charge in [-0.2, -0.15) is 0 Å². The van der Waals surface area contributed by atoms with Gasteiger partial charge < -0.3 is 15.4 Å². The van der Waals surface area contributed by atoms with Gasteiger partial charge in [0, 0.05) is 18.0 Å². The molecule has 0 spiro atoms. The lowest BCUT2D eigenvalue weighted by atomic mass is 9.96. The maximum Gasteiger partial charge on any atom is 0.234 e.